The molecule has 1 unspecified atom stereocenters. The van der Waals surface area contributed by atoms with Gasteiger partial charge in [-0.15, -0.1) is 0 Å². The molecule has 0 aliphatic heterocycles. The maximum atomic E-state index is 5.41. The summed E-state index contributed by atoms with van der Waals surface area (Å²) in [7, 11) is 1.72. The van der Waals surface area contributed by atoms with Crippen LogP contribution in [0.3, 0.4) is 0 Å². The van der Waals surface area contributed by atoms with Crippen LogP contribution in [-0.2, 0) is 6.42 Å². The average molecular weight is 311 g/mol. The molecule has 0 spiro atoms. The number of rotatable bonds is 4. The van der Waals surface area contributed by atoms with E-state index < -0.39 is 0 Å². The highest BCUT2D eigenvalue weighted by Crippen LogP contribution is 2.34. The molecule has 0 bridgehead atoms. The molecule has 0 saturated carbocycles. The lowest BCUT2D eigenvalue weighted by Crippen LogP contribution is -1.98. The quantitative estimate of drug-likeness (QED) is 0.741. The van der Waals surface area contributed by atoms with Gasteiger partial charge in [-0.25, -0.2) is 0 Å². The van der Waals surface area contributed by atoms with Crippen LogP contribution in [-0.4, -0.2) is 7.11 Å². The highest BCUT2D eigenvalue weighted by molar-refractivity contribution is 9.09. The van der Waals surface area contributed by atoms with Crippen molar-refractivity contribution in [3.63, 3.8) is 0 Å². The smallest absolute Gasteiger partial charge is 0.123 e. The van der Waals surface area contributed by atoms with E-state index in [2.05, 4.69) is 51.8 Å². The second-order valence-corrected chi connectivity index (χ2v) is 5.93. The largest absolute Gasteiger partial charge is 0.496 e. The maximum Gasteiger partial charge on any atom is 0.123 e. The van der Waals surface area contributed by atoms with Crippen molar-refractivity contribution in [3.8, 4) is 5.75 Å². The third kappa shape index (κ3) is 3.11. The monoisotopic (exact) mass is 310 g/mol. The van der Waals surface area contributed by atoms with Crippen molar-refractivity contribution in [1.82, 2.24) is 0 Å². The zero-order valence-electron chi connectivity index (χ0n) is 9.94. The van der Waals surface area contributed by atoms with E-state index >= 15 is 0 Å². The normalized spacial score (nSPS) is 12.4. The van der Waals surface area contributed by atoms with Crippen molar-refractivity contribution >= 4 is 27.3 Å². The lowest BCUT2D eigenvalue weighted by atomic mass is 10.0. The van der Waals surface area contributed by atoms with Crippen LogP contribution in [0.2, 0.25) is 0 Å². The number of halogens is 1. The van der Waals surface area contributed by atoms with Crippen molar-refractivity contribution < 1.29 is 4.74 Å². The highest BCUT2D eigenvalue weighted by Gasteiger charge is 2.14. The van der Waals surface area contributed by atoms with Gasteiger partial charge in [0.2, 0.25) is 0 Å². The first-order valence-electron chi connectivity index (χ1n) is 5.50. The van der Waals surface area contributed by atoms with Gasteiger partial charge >= 0.3 is 0 Å². The Morgan fingerprint density at radius 3 is 2.82 bits per heavy atom. The van der Waals surface area contributed by atoms with Crippen LogP contribution >= 0.6 is 27.3 Å². The molecule has 0 amide bonds. The Hall–Kier alpha value is -0.800. The fourth-order valence-electron chi connectivity index (χ4n) is 1.82. The van der Waals surface area contributed by atoms with E-state index in [1.807, 2.05) is 6.07 Å². The van der Waals surface area contributed by atoms with Gasteiger partial charge in [-0.05, 0) is 41.8 Å². The third-order valence-electron chi connectivity index (χ3n) is 2.72. The van der Waals surface area contributed by atoms with E-state index in [0.29, 0.717) is 4.83 Å². The Kier molecular flexibility index (Phi) is 4.24. The number of aryl methyl sites for hydroxylation is 1. The summed E-state index contributed by atoms with van der Waals surface area (Å²) in [6.07, 6.45) is 0.989. The fraction of sp³-hybridized carbons (Fsp3) is 0.286. The number of benzene rings is 1. The van der Waals surface area contributed by atoms with E-state index in [-0.39, 0.29) is 0 Å². The third-order valence-corrected chi connectivity index (χ3v) is 4.27. The first kappa shape index (κ1) is 12.7. The summed E-state index contributed by atoms with van der Waals surface area (Å²) in [5, 5.41) is 4.30. The number of alkyl halides is 1. The van der Waals surface area contributed by atoms with Crippen molar-refractivity contribution in [2.24, 2.45) is 0 Å². The summed E-state index contributed by atoms with van der Waals surface area (Å²) >= 11 is 5.50. The van der Waals surface area contributed by atoms with Crippen molar-refractivity contribution in [1.29, 1.82) is 0 Å². The molecule has 1 heterocycles. The molecule has 90 valence electrons. The first-order chi connectivity index (χ1) is 8.20. The lowest BCUT2D eigenvalue weighted by Gasteiger charge is -2.14. The molecule has 3 heteroatoms. The predicted molar refractivity (Wildman–Crippen MR) is 77.4 cm³/mol. The number of hydrogen-bond acceptors (Lipinski definition) is 2. The van der Waals surface area contributed by atoms with Gasteiger partial charge < -0.3 is 4.74 Å². The van der Waals surface area contributed by atoms with Gasteiger partial charge in [0.1, 0.15) is 5.75 Å². The molecular weight excluding hydrogens is 296 g/mol. The molecule has 1 aromatic heterocycles. The van der Waals surface area contributed by atoms with Crippen molar-refractivity contribution in [2.45, 2.75) is 18.2 Å². The van der Waals surface area contributed by atoms with Gasteiger partial charge in [-0.1, -0.05) is 33.6 Å². The average Bonchev–Trinajstić information content (AvgIpc) is 2.81. The standard InChI is InChI=1S/C14H15BrOS/c1-10-3-4-14(16-2)12(7-10)13(15)8-11-5-6-17-9-11/h3-7,9,13H,8H2,1-2H3. The molecule has 0 fully saturated rings. The predicted octanol–water partition coefficient (Wildman–Crippen LogP) is 4.74. The summed E-state index contributed by atoms with van der Waals surface area (Å²) in [6, 6.07) is 8.46. The van der Waals surface area contributed by atoms with Crippen molar-refractivity contribution in [3.05, 3.63) is 51.7 Å². The van der Waals surface area contributed by atoms with E-state index in [4.69, 9.17) is 4.74 Å². The Bertz CT molecular complexity index is 479. The fourth-order valence-corrected chi connectivity index (χ4v) is 3.24. The molecule has 17 heavy (non-hydrogen) atoms. The molecular formula is C14H15BrOS. The lowest BCUT2D eigenvalue weighted by molar-refractivity contribution is 0.409. The van der Waals surface area contributed by atoms with Crippen molar-refractivity contribution in [2.75, 3.05) is 7.11 Å². The van der Waals surface area contributed by atoms with Crippen LogP contribution < -0.4 is 4.74 Å². The van der Waals surface area contributed by atoms with Gasteiger partial charge in [-0.3, -0.25) is 0 Å². The van der Waals surface area contributed by atoms with E-state index in [0.717, 1.165) is 12.2 Å². The zero-order chi connectivity index (χ0) is 12.3. The topological polar surface area (TPSA) is 9.23 Å². The summed E-state index contributed by atoms with van der Waals surface area (Å²) in [5.41, 5.74) is 3.84. The molecule has 0 radical (unpaired) electrons. The summed E-state index contributed by atoms with van der Waals surface area (Å²) in [5.74, 6) is 0.952. The van der Waals surface area contributed by atoms with Crippen LogP contribution in [0.15, 0.2) is 35.0 Å². The summed E-state index contributed by atoms with van der Waals surface area (Å²) in [4.78, 5) is 0.298. The number of ether oxygens (including phenoxy) is 1. The van der Waals surface area contributed by atoms with Gasteiger partial charge in [0.25, 0.3) is 0 Å². The SMILES string of the molecule is COc1ccc(C)cc1C(Br)Cc1ccsc1. The Morgan fingerprint density at radius 1 is 1.35 bits per heavy atom. The van der Waals surface area contributed by atoms with Gasteiger partial charge in [0.05, 0.1) is 7.11 Å². The minimum Gasteiger partial charge on any atom is -0.496 e. The van der Waals surface area contributed by atoms with Crippen LogP contribution in [0.5, 0.6) is 5.75 Å². The van der Waals surface area contributed by atoms with Crippen LogP contribution in [0.1, 0.15) is 21.5 Å². The molecule has 0 saturated heterocycles. The van der Waals surface area contributed by atoms with E-state index in [1.54, 1.807) is 18.4 Å². The number of hydrogen-bond donors (Lipinski definition) is 0. The highest BCUT2D eigenvalue weighted by atomic mass is 79.9. The molecule has 2 rings (SSSR count). The Balaban J connectivity index is 2.23. The van der Waals surface area contributed by atoms with Gasteiger partial charge in [0, 0.05) is 10.4 Å². The molecule has 1 nitrogen and oxygen atoms in total. The van der Waals surface area contributed by atoms with Gasteiger partial charge in [-0.2, -0.15) is 11.3 Å². The molecule has 1 aromatic carbocycles. The molecule has 0 aliphatic carbocycles. The van der Waals surface area contributed by atoms with E-state index in [9.17, 15) is 0 Å². The minimum atomic E-state index is 0.298. The zero-order valence-corrected chi connectivity index (χ0v) is 12.3. The number of thiophene rings is 1. The van der Waals surface area contributed by atoms with E-state index in [1.165, 1.54) is 16.7 Å². The molecule has 2 aromatic rings. The van der Waals surface area contributed by atoms with Crippen LogP contribution in [0.25, 0.3) is 0 Å². The summed E-state index contributed by atoms with van der Waals surface area (Å²) in [6.45, 7) is 2.10. The second-order valence-electron chi connectivity index (χ2n) is 4.05. The van der Waals surface area contributed by atoms with Crippen LogP contribution in [0.4, 0.5) is 0 Å². The minimum absolute atomic E-state index is 0.298. The molecule has 0 N–H and O–H groups in total. The summed E-state index contributed by atoms with van der Waals surface area (Å²) < 4.78 is 5.41. The Morgan fingerprint density at radius 2 is 2.18 bits per heavy atom. The van der Waals surface area contributed by atoms with Crippen LogP contribution in [0, 0.1) is 6.92 Å². The second kappa shape index (κ2) is 5.69. The van der Waals surface area contributed by atoms with Gasteiger partial charge in [0.15, 0.2) is 0 Å². The molecule has 0 aliphatic rings. The maximum absolute atomic E-state index is 5.41. The Labute approximate surface area is 115 Å². The first-order valence-corrected chi connectivity index (χ1v) is 7.36. The number of methoxy groups -OCH3 is 1. The molecule has 1 atom stereocenters.